The Morgan fingerprint density at radius 3 is 2.14 bits per heavy atom. The Morgan fingerprint density at radius 2 is 1.53 bits per heavy atom. The molecule has 0 unspecified atom stereocenters. The number of aliphatic hydroxyl groups is 1. The second-order valence-corrected chi connectivity index (χ2v) is 25.0. The average Bonchev–Trinajstić information content (AvgIpc) is 3.33. The summed E-state index contributed by atoms with van der Waals surface area (Å²) in [6.07, 6.45) is 1.79. The maximum absolute atomic E-state index is 14.2. The summed E-state index contributed by atoms with van der Waals surface area (Å²) in [4.78, 5) is 16.2. The monoisotopic (exact) mass is 1060 g/mol. The highest BCUT2D eigenvalue weighted by atomic mass is 35.5. The number of hydrogen-bond donors (Lipinski definition) is 4. The van der Waals surface area contributed by atoms with Crippen LogP contribution >= 0.6 is 23.4 Å². The van der Waals surface area contributed by atoms with Crippen molar-refractivity contribution in [3.05, 3.63) is 137 Å². The quantitative estimate of drug-likeness (QED) is 0.0517. The molecule has 1 amide bonds. The Kier molecular flexibility index (Phi) is 18.7. The van der Waals surface area contributed by atoms with E-state index in [9.17, 15) is 44.1 Å². The summed E-state index contributed by atoms with van der Waals surface area (Å²) in [6, 6.07) is 32.6. The van der Waals surface area contributed by atoms with Gasteiger partial charge in [0.05, 0.1) is 32.9 Å². The fraction of sp³-hybridized carbons (Fsp3) is 0.380. The Hall–Kier alpha value is -4.47. The Bertz CT molecular complexity index is 2790. The molecule has 70 heavy (non-hydrogen) atoms. The molecule has 0 saturated carbocycles. The number of halogens is 4. The molecule has 378 valence electrons. The molecule has 0 radical (unpaired) electrons. The maximum Gasteiger partial charge on any atom is 0.501 e. The van der Waals surface area contributed by atoms with Gasteiger partial charge >= 0.3 is 5.51 Å². The van der Waals surface area contributed by atoms with Gasteiger partial charge in [-0.15, -0.1) is 11.8 Å². The van der Waals surface area contributed by atoms with E-state index >= 15 is 0 Å². The number of aliphatic hydroxyl groups excluding tert-OH is 1. The highest BCUT2D eigenvalue weighted by Gasteiger charge is 2.48. The maximum atomic E-state index is 14.2. The van der Waals surface area contributed by atoms with Gasteiger partial charge in [-0.1, -0.05) is 73.1 Å². The number of piperidine rings is 1. The second-order valence-electron chi connectivity index (χ2n) is 17.9. The molecule has 20 heteroatoms. The molecule has 5 aromatic rings. The van der Waals surface area contributed by atoms with Crippen LogP contribution in [0.3, 0.4) is 0 Å². The molecule has 1 saturated heterocycles. The van der Waals surface area contributed by atoms with Gasteiger partial charge in [-0.3, -0.25) is 4.79 Å². The predicted octanol–water partition coefficient (Wildman–Crippen LogP) is 9.71. The Labute approximate surface area is 421 Å². The van der Waals surface area contributed by atoms with Crippen LogP contribution in [0.2, 0.25) is 5.02 Å². The van der Waals surface area contributed by atoms with Crippen molar-refractivity contribution in [2.45, 2.75) is 84.0 Å². The predicted molar refractivity (Wildman–Crippen MR) is 275 cm³/mol. The first-order valence-electron chi connectivity index (χ1n) is 22.8. The first-order valence-corrected chi connectivity index (χ1v) is 28.3. The number of carbonyl (C=O) groups is 1. The van der Waals surface area contributed by atoms with Gasteiger partial charge in [0.1, 0.15) is 4.90 Å². The fourth-order valence-electron chi connectivity index (χ4n) is 8.10. The van der Waals surface area contributed by atoms with Crippen molar-refractivity contribution in [3.63, 3.8) is 0 Å². The van der Waals surface area contributed by atoms with Crippen LogP contribution in [0.1, 0.15) is 68.9 Å². The number of benzene rings is 5. The van der Waals surface area contributed by atoms with Crippen molar-refractivity contribution in [1.29, 1.82) is 0 Å². The van der Waals surface area contributed by atoms with Crippen molar-refractivity contribution in [3.8, 4) is 11.1 Å². The third kappa shape index (κ3) is 14.1. The molecule has 1 aliphatic rings. The van der Waals surface area contributed by atoms with Crippen LogP contribution in [0.25, 0.3) is 11.1 Å². The van der Waals surface area contributed by atoms with E-state index in [0.29, 0.717) is 56.0 Å². The summed E-state index contributed by atoms with van der Waals surface area (Å²) < 4.78 is 115. The normalized spacial score (nSPS) is 15.4. The van der Waals surface area contributed by atoms with Gasteiger partial charge in [-0.2, -0.15) is 13.2 Å². The van der Waals surface area contributed by atoms with E-state index in [1.54, 1.807) is 12.1 Å². The molecule has 0 spiro atoms. The molecule has 5 aromatic carbocycles. The van der Waals surface area contributed by atoms with E-state index in [1.165, 1.54) is 23.9 Å². The van der Waals surface area contributed by atoms with Crippen LogP contribution in [-0.2, 0) is 30.8 Å². The molecular formula is C50H59ClF3N5O7S4. The number of amides is 1. The third-order valence-corrected chi connectivity index (χ3v) is 17.9. The lowest BCUT2D eigenvalue weighted by molar-refractivity contribution is -0.0435. The SMILES string of the molecule is CCN(CCO)CC[C@H](CSc1ccccc1)Nc1ccc(S(=O)(=O)NC(=O)c2ccc(N3CCC([C@@H](N[S@@](=O)C(C)(C)C)c4ccccc4-c4ccc(Cl)cc4)CC3)cc2)cc1S(=O)(=O)C(F)(F)F. The zero-order valence-electron chi connectivity index (χ0n) is 39.3. The number of rotatable bonds is 21. The molecule has 1 aliphatic heterocycles. The van der Waals surface area contributed by atoms with Crippen LogP contribution < -0.4 is 19.7 Å². The zero-order chi connectivity index (χ0) is 50.9. The zero-order valence-corrected chi connectivity index (χ0v) is 43.3. The lowest BCUT2D eigenvalue weighted by atomic mass is 9.83. The van der Waals surface area contributed by atoms with Gasteiger partial charge in [0.15, 0.2) is 0 Å². The third-order valence-electron chi connectivity index (χ3n) is 12.0. The largest absolute Gasteiger partial charge is 0.501 e. The van der Waals surface area contributed by atoms with Crippen LogP contribution in [-0.4, -0.2) is 98.3 Å². The minimum Gasteiger partial charge on any atom is -0.395 e. The topological polar surface area (TPSA) is 165 Å². The molecule has 1 heterocycles. The molecule has 0 bridgehead atoms. The van der Waals surface area contributed by atoms with Gasteiger partial charge in [0.25, 0.3) is 25.8 Å². The number of nitrogens with one attached hydrogen (secondary N) is 3. The molecule has 6 rings (SSSR count). The van der Waals surface area contributed by atoms with Gasteiger partial charge < -0.3 is 20.2 Å². The van der Waals surface area contributed by atoms with Crippen LogP contribution in [0, 0.1) is 5.92 Å². The molecule has 0 aromatic heterocycles. The summed E-state index contributed by atoms with van der Waals surface area (Å²) in [5, 5.41) is 13.1. The highest BCUT2D eigenvalue weighted by Crippen LogP contribution is 2.40. The van der Waals surface area contributed by atoms with E-state index < -0.39 is 68.5 Å². The first kappa shape index (κ1) is 54.9. The standard InChI is InChI=1S/C50H59ClF3N5O7S4/c1-5-58(31-32-60)28-27-39(34-67-41-11-7-6-8-12-41)55-45-24-23-42(33-46(45)69(63,64)50(52,53)54)70(65,66)57-48(61)37-17-21-40(22-18-37)59-29-25-36(26-30-59)47(56-68(62)49(2,3)4)44-14-10-9-13-43(44)35-15-19-38(51)20-16-35/h6-24,33,36,39,47,55-56,60H,5,25-32,34H2,1-4H3,(H,57,61)/t39-,47-,68+/m1/s1. The van der Waals surface area contributed by atoms with Crippen molar-refractivity contribution < 1.29 is 44.1 Å². The van der Waals surface area contributed by atoms with Gasteiger partial charge in [-0.25, -0.2) is 30.5 Å². The summed E-state index contributed by atoms with van der Waals surface area (Å²) in [7, 11) is -12.4. The van der Waals surface area contributed by atoms with Crippen molar-refractivity contribution in [2.75, 3.05) is 55.3 Å². The number of alkyl halides is 3. The van der Waals surface area contributed by atoms with E-state index in [2.05, 4.69) is 21.0 Å². The summed E-state index contributed by atoms with van der Waals surface area (Å²) in [5.74, 6) is -0.676. The molecule has 4 N–H and O–H groups in total. The lowest BCUT2D eigenvalue weighted by Crippen LogP contribution is -2.42. The number of hydrogen-bond acceptors (Lipinski definition) is 11. The van der Waals surface area contributed by atoms with E-state index in [1.807, 2.05) is 110 Å². The molecule has 0 aliphatic carbocycles. The van der Waals surface area contributed by atoms with Crippen LogP contribution in [0.5, 0.6) is 0 Å². The molecule has 1 fully saturated rings. The van der Waals surface area contributed by atoms with E-state index in [0.717, 1.165) is 52.2 Å². The number of anilines is 2. The highest BCUT2D eigenvalue weighted by molar-refractivity contribution is 7.99. The lowest BCUT2D eigenvalue weighted by Gasteiger charge is -2.39. The smallest absolute Gasteiger partial charge is 0.395 e. The number of likely N-dealkylation sites (N-methyl/N-ethyl adjacent to an activating group) is 1. The summed E-state index contributed by atoms with van der Waals surface area (Å²) in [6.45, 7) is 10.2. The molecular weight excluding hydrogens is 1000 g/mol. The van der Waals surface area contributed by atoms with Gasteiger partial charge in [0, 0.05) is 65.2 Å². The minimum atomic E-state index is -6.11. The van der Waals surface area contributed by atoms with Crippen molar-refractivity contribution >= 4 is 71.5 Å². The number of carbonyl (C=O) groups excluding carboxylic acids is 1. The van der Waals surface area contributed by atoms with E-state index in [4.69, 9.17) is 11.6 Å². The molecule has 12 nitrogen and oxygen atoms in total. The first-order chi connectivity index (χ1) is 33.1. The Morgan fingerprint density at radius 1 is 0.886 bits per heavy atom. The van der Waals surface area contributed by atoms with Gasteiger partial charge in [0.2, 0.25) is 0 Å². The van der Waals surface area contributed by atoms with E-state index in [-0.39, 0.29) is 24.1 Å². The minimum absolute atomic E-state index is 0.0579. The number of sulfonamides is 1. The number of thioether (sulfide) groups is 1. The molecule has 3 atom stereocenters. The number of sulfone groups is 1. The fourth-order valence-corrected chi connectivity index (χ4v) is 12.1. The Balaban J connectivity index is 1.17. The number of nitrogens with zero attached hydrogens (tertiary/aromatic N) is 2. The van der Waals surface area contributed by atoms with Gasteiger partial charge in [-0.05, 0) is 136 Å². The summed E-state index contributed by atoms with van der Waals surface area (Å²) >= 11 is 7.61. The average molecular weight is 1060 g/mol. The van der Waals surface area contributed by atoms with Crippen LogP contribution in [0.15, 0.2) is 136 Å². The summed E-state index contributed by atoms with van der Waals surface area (Å²) in [5.41, 5.74) is -2.53. The van der Waals surface area contributed by atoms with Crippen molar-refractivity contribution in [2.24, 2.45) is 5.92 Å². The second kappa shape index (κ2) is 23.8. The van der Waals surface area contributed by atoms with Crippen molar-refractivity contribution in [1.82, 2.24) is 14.3 Å². The van der Waals surface area contributed by atoms with Crippen LogP contribution in [0.4, 0.5) is 24.5 Å².